The van der Waals surface area contributed by atoms with Crippen LogP contribution < -0.4 is 0 Å². The molecule has 2 saturated heterocycles. The van der Waals surface area contributed by atoms with E-state index in [-0.39, 0.29) is 17.6 Å². The van der Waals surface area contributed by atoms with Crippen molar-refractivity contribution in [3.8, 4) is 0 Å². The Morgan fingerprint density at radius 1 is 1.06 bits per heavy atom. The van der Waals surface area contributed by atoms with Crippen molar-refractivity contribution < 1.29 is 18.7 Å². The topological polar surface area (TPSA) is 56.1 Å². The van der Waals surface area contributed by atoms with E-state index in [9.17, 15) is 9.18 Å². The van der Waals surface area contributed by atoms with E-state index in [4.69, 9.17) is 9.47 Å². The van der Waals surface area contributed by atoms with Crippen LogP contribution in [-0.4, -0.2) is 59.7 Å². The predicted molar refractivity (Wildman–Crippen MR) is 122 cm³/mol. The maximum atomic E-state index is 14.0. The van der Waals surface area contributed by atoms with E-state index < -0.39 is 5.41 Å². The molecule has 33 heavy (non-hydrogen) atoms. The van der Waals surface area contributed by atoms with E-state index in [2.05, 4.69) is 17.2 Å². The first-order chi connectivity index (χ1) is 16.1. The molecule has 5 rings (SSSR count). The summed E-state index contributed by atoms with van der Waals surface area (Å²) >= 11 is 0. The number of benzene rings is 1. The zero-order valence-electron chi connectivity index (χ0n) is 18.8. The average Bonchev–Trinajstić information content (AvgIpc) is 3.18. The molecule has 3 aromatic rings. The lowest BCUT2D eigenvalue weighted by Gasteiger charge is -2.40. The van der Waals surface area contributed by atoms with Crippen LogP contribution >= 0.6 is 0 Å². The summed E-state index contributed by atoms with van der Waals surface area (Å²) in [7, 11) is 0. The molecule has 1 atom stereocenters. The van der Waals surface area contributed by atoms with Crippen molar-refractivity contribution in [1.82, 2.24) is 14.3 Å². The second kappa shape index (κ2) is 9.61. The molecule has 6 nitrogen and oxygen atoms in total. The van der Waals surface area contributed by atoms with Crippen molar-refractivity contribution >= 4 is 11.6 Å². The highest BCUT2D eigenvalue weighted by atomic mass is 19.1. The van der Waals surface area contributed by atoms with Gasteiger partial charge < -0.3 is 18.8 Å². The van der Waals surface area contributed by atoms with Gasteiger partial charge in [-0.05, 0) is 55.0 Å². The fourth-order valence-electron chi connectivity index (χ4n) is 5.17. The average molecular weight is 452 g/mol. The van der Waals surface area contributed by atoms with Crippen LogP contribution in [0.2, 0.25) is 0 Å². The van der Waals surface area contributed by atoms with E-state index in [0.717, 1.165) is 17.6 Å². The third-order valence-electron chi connectivity index (χ3n) is 6.96. The molecule has 2 fully saturated rings. The van der Waals surface area contributed by atoms with Gasteiger partial charge in [0.1, 0.15) is 11.5 Å². The maximum absolute atomic E-state index is 14.0. The second-order valence-corrected chi connectivity index (χ2v) is 9.32. The van der Waals surface area contributed by atoms with Gasteiger partial charge in [-0.2, -0.15) is 0 Å². The number of rotatable bonds is 5. The van der Waals surface area contributed by atoms with Crippen LogP contribution in [0.3, 0.4) is 0 Å². The van der Waals surface area contributed by atoms with E-state index >= 15 is 0 Å². The van der Waals surface area contributed by atoms with Crippen LogP contribution in [0.1, 0.15) is 24.0 Å². The first-order valence-electron chi connectivity index (χ1n) is 11.7. The summed E-state index contributed by atoms with van der Waals surface area (Å²) in [6.07, 6.45) is 8.66. The van der Waals surface area contributed by atoms with E-state index in [1.165, 1.54) is 17.7 Å². The fourth-order valence-corrected chi connectivity index (χ4v) is 5.17. The summed E-state index contributed by atoms with van der Waals surface area (Å²) in [5.41, 5.74) is 2.61. The molecule has 0 N–H and O–H groups in total. The Balaban J connectivity index is 1.33. The molecule has 4 heterocycles. The van der Waals surface area contributed by atoms with Gasteiger partial charge in [0.05, 0.1) is 18.6 Å². The maximum Gasteiger partial charge on any atom is 0.229 e. The molecule has 2 aliphatic rings. The number of hydrogen-bond donors (Lipinski definition) is 0. The summed E-state index contributed by atoms with van der Waals surface area (Å²) in [4.78, 5) is 20.3. The van der Waals surface area contributed by atoms with E-state index in [0.29, 0.717) is 58.8 Å². The molecule has 0 radical (unpaired) electrons. The molecule has 0 unspecified atom stereocenters. The van der Waals surface area contributed by atoms with Crippen molar-refractivity contribution in [3.63, 3.8) is 0 Å². The van der Waals surface area contributed by atoms with Gasteiger partial charge in [0.25, 0.3) is 0 Å². The van der Waals surface area contributed by atoms with Crippen molar-refractivity contribution in [2.75, 3.05) is 39.5 Å². The van der Waals surface area contributed by atoms with Gasteiger partial charge in [0.15, 0.2) is 0 Å². The number of pyridine rings is 1. The zero-order chi connectivity index (χ0) is 22.7. The summed E-state index contributed by atoms with van der Waals surface area (Å²) in [5.74, 6) is 0.142. The lowest BCUT2D eigenvalue weighted by Crippen LogP contribution is -2.50. The normalized spacial score (nSPS) is 21.1. The number of fused-ring (bicyclic) bond motifs is 1. The SMILES string of the molecule is O=C(N1CCOC[C@H](Cc2ccc3nccn3c2)C1)C1(Cc2ccc(F)cc2)CCOCC1. The number of aromatic nitrogens is 2. The molecule has 0 saturated carbocycles. The van der Waals surface area contributed by atoms with Gasteiger partial charge in [0.2, 0.25) is 5.91 Å². The molecule has 0 aliphatic carbocycles. The van der Waals surface area contributed by atoms with Crippen LogP contribution in [0.5, 0.6) is 0 Å². The van der Waals surface area contributed by atoms with Gasteiger partial charge in [0, 0.05) is 50.8 Å². The molecule has 7 heteroatoms. The van der Waals surface area contributed by atoms with Crippen LogP contribution in [0.25, 0.3) is 5.65 Å². The third-order valence-corrected chi connectivity index (χ3v) is 6.96. The summed E-state index contributed by atoms with van der Waals surface area (Å²) in [6, 6.07) is 10.7. The molecule has 174 valence electrons. The summed E-state index contributed by atoms with van der Waals surface area (Å²) in [6.45, 7) is 3.61. The minimum Gasteiger partial charge on any atom is -0.381 e. The molecule has 0 spiro atoms. The molecule has 2 aromatic heterocycles. The Hall–Kier alpha value is -2.77. The number of halogens is 1. The highest BCUT2D eigenvalue weighted by Crippen LogP contribution is 2.37. The van der Waals surface area contributed by atoms with Gasteiger partial charge in [-0.25, -0.2) is 9.37 Å². The Kier molecular flexibility index (Phi) is 6.42. The molecule has 2 aliphatic heterocycles. The second-order valence-electron chi connectivity index (χ2n) is 9.32. The van der Waals surface area contributed by atoms with Crippen LogP contribution in [0, 0.1) is 17.2 Å². The molecule has 1 aromatic carbocycles. The zero-order valence-corrected chi connectivity index (χ0v) is 18.8. The lowest BCUT2D eigenvalue weighted by atomic mass is 9.74. The Morgan fingerprint density at radius 2 is 1.85 bits per heavy atom. The minimum atomic E-state index is -0.513. The van der Waals surface area contributed by atoms with E-state index in [1.807, 2.05) is 21.6 Å². The Labute approximate surface area is 193 Å². The number of hydrogen-bond acceptors (Lipinski definition) is 4. The molecular weight excluding hydrogens is 421 g/mol. The Bertz CT molecular complexity index is 1090. The van der Waals surface area contributed by atoms with Crippen molar-refractivity contribution in [1.29, 1.82) is 0 Å². The highest BCUT2D eigenvalue weighted by Gasteiger charge is 2.43. The first kappa shape index (κ1) is 22.0. The van der Waals surface area contributed by atoms with Gasteiger partial charge in [-0.1, -0.05) is 18.2 Å². The molecule has 0 bridgehead atoms. The monoisotopic (exact) mass is 451 g/mol. The predicted octanol–water partition coefficient (Wildman–Crippen LogP) is 3.53. The van der Waals surface area contributed by atoms with Crippen molar-refractivity contribution in [2.24, 2.45) is 11.3 Å². The van der Waals surface area contributed by atoms with Crippen molar-refractivity contribution in [2.45, 2.75) is 25.7 Å². The van der Waals surface area contributed by atoms with Gasteiger partial charge in [-0.3, -0.25) is 4.79 Å². The van der Waals surface area contributed by atoms with Gasteiger partial charge in [-0.15, -0.1) is 0 Å². The first-order valence-corrected chi connectivity index (χ1v) is 11.7. The third kappa shape index (κ3) is 4.94. The van der Waals surface area contributed by atoms with Crippen LogP contribution in [0.4, 0.5) is 4.39 Å². The van der Waals surface area contributed by atoms with Crippen LogP contribution in [0.15, 0.2) is 55.0 Å². The van der Waals surface area contributed by atoms with E-state index in [1.54, 1.807) is 18.3 Å². The van der Waals surface area contributed by atoms with Crippen molar-refractivity contribution in [3.05, 3.63) is 71.9 Å². The smallest absolute Gasteiger partial charge is 0.229 e. The summed E-state index contributed by atoms with van der Waals surface area (Å²) < 4.78 is 27.0. The number of carbonyl (C=O) groups excluding carboxylic acids is 1. The minimum absolute atomic E-state index is 0.177. The Morgan fingerprint density at radius 3 is 2.67 bits per heavy atom. The lowest BCUT2D eigenvalue weighted by molar-refractivity contribution is -0.148. The number of carbonyl (C=O) groups is 1. The highest BCUT2D eigenvalue weighted by molar-refractivity contribution is 5.83. The van der Waals surface area contributed by atoms with Crippen LogP contribution in [-0.2, 0) is 27.1 Å². The molecular formula is C26H30FN3O3. The number of nitrogens with zero attached hydrogens (tertiary/aromatic N) is 3. The number of imidazole rings is 1. The standard InChI is InChI=1S/C26H30FN3O3/c27-23-4-1-20(2-5-23)16-26(7-12-32-13-8-26)25(31)30-11-14-33-19-22(18-30)15-21-3-6-24-28-9-10-29(24)17-21/h1-6,9-10,17,22H,7-8,11-16,18-19H2/t22-/m1/s1. The summed E-state index contributed by atoms with van der Waals surface area (Å²) in [5, 5.41) is 0. The fraction of sp³-hybridized carbons (Fsp3) is 0.462. The quantitative estimate of drug-likeness (QED) is 0.596. The van der Waals surface area contributed by atoms with Gasteiger partial charge >= 0.3 is 0 Å². The largest absolute Gasteiger partial charge is 0.381 e. The number of amides is 1. The number of ether oxygens (including phenoxy) is 2. The molecule has 1 amide bonds.